The van der Waals surface area contributed by atoms with Crippen LogP contribution in [0.15, 0.2) is 29.7 Å². The summed E-state index contributed by atoms with van der Waals surface area (Å²) in [5.74, 6) is 0.348. The van der Waals surface area contributed by atoms with Crippen molar-refractivity contribution in [2.75, 3.05) is 0 Å². The molecule has 1 fully saturated rings. The highest BCUT2D eigenvalue weighted by Gasteiger charge is 2.23. The fourth-order valence-electron chi connectivity index (χ4n) is 2.89. The zero-order valence-electron chi connectivity index (χ0n) is 14.8. The van der Waals surface area contributed by atoms with Crippen molar-refractivity contribution in [3.05, 3.63) is 24.5 Å². The van der Waals surface area contributed by atoms with Gasteiger partial charge >= 0.3 is 6.03 Å². The monoisotopic (exact) mass is 374 g/mol. The maximum atomic E-state index is 12.3. The lowest BCUT2D eigenvalue weighted by atomic mass is 10.2. The third-order valence-corrected chi connectivity index (χ3v) is 5.49. The van der Waals surface area contributed by atoms with Gasteiger partial charge < -0.3 is 9.88 Å². The summed E-state index contributed by atoms with van der Waals surface area (Å²) in [6, 6.07) is 3.45. The van der Waals surface area contributed by atoms with Crippen LogP contribution in [0.5, 0.6) is 0 Å². The van der Waals surface area contributed by atoms with E-state index in [9.17, 15) is 9.59 Å². The van der Waals surface area contributed by atoms with Gasteiger partial charge in [-0.3, -0.25) is 15.1 Å². The highest BCUT2D eigenvalue weighted by atomic mass is 32.2. The zero-order chi connectivity index (χ0) is 18.5. The van der Waals surface area contributed by atoms with Crippen molar-refractivity contribution >= 4 is 23.7 Å². The van der Waals surface area contributed by atoms with E-state index in [4.69, 9.17) is 0 Å². The first-order valence-corrected chi connectivity index (χ1v) is 9.50. The highest BCUT2D eigenvalue weighted by molar-refractivity contribution is 8.00. The van der Waals surface area contributed by atoms with E-state index in [0.29, 0.717) is 11.0 Å². The summed E-state index contributed by atoms with van der Waals surface area (Å²) in [6.07, 6.45) is 7.57. The number of hydrogen-bond donors (Lipinski definition) is 2. The molecule has 2 aromatic rings. The van der Waals surface area contributed by atoms with E-state index < -0.39 is 11.3 Å². The molecule has 2 aromatic heterocycles. The molecule has 3 amide bonds. The molecule has 0 radical (unpaired) electrons. The van der Waals surface area contributed by atoms with Crippen molar-refractivity contribution in [1.29, 1.82) is 0 Å². The highest BCUT2D eigenvalue weighted by Crippen LogP contribution is 2.25. The maximum absolute atomic E-state index is 12.3. The van der Waals surface area contributed by atoms with Crippen molar-refractivity contribution < 1.29 is 9.59 Å². The standard InChI is InChI=1S/C17H22N6O2S/c1-11(15(24)20-16(25)19-13-5-3-4-6-13)26-17-22-21-14(23(17)2)12-7-9-18-10-8-12/h7-11,13H,3-6H2,1-2H3,(H2,19,20,24,25)/t11-/m1/s1. The largest absolute Gasteiger partial charge is 0.335 e. The molecule has 1 aliphatic carbocycles. The van der Waals surface area contributed by atoms with Crippen LogP contribution >= 0.6 is 11.8 Å². The first kappa shape index (κ1) is 18.4. The van der Waals surface area contributed by atoms with Crippen LogP contribution in [-0.2, 0) is 11.8 Å². The molecule has 0 saturated heterocycles. The molecule has 1 atom stereocenters. The summed E-state index contributed by atoms with van der Waals surface area (Å²) in [4.78, 5) is 28.2. The SMILES string of the molecule is C[C@@H](Sc1nnc(-c2ccncc2)n1C)C(=O)NC(=O)NC1CCCC1. The summed E-state index contributed by atoms with van der Waals surface area (Å²) < 4.78 is 1.82. The fourth-order valence-corrected chi connectivity index (χ4v) is 3.70. The molecule has 0 aromatic carbocycles. The topological polar surface area (TPSA) is 102 Å². The van der Waals surface area contributed by atoms with Crippen LogP contribution in [0.4, 0.5) is 4.79 Å². The molecule has 1 aliphatic rings. The molecule has 2 N–H and O–H groups in total. The Morgan fingerprint density at radius 1 is 1.23 bits per heavy atom. The minimum Gasteiger partial charge on any atom is -0.335 e. The first-order chi connectivity index (χ1) is 12.5. The Bertz CT molecular complexity index is 773. The van der Waals surface area contributed by atoms with Gasteiger partial charge in [-0.25, -0.2) is 4.79 Å². The molecule has 138 valence electrons. The Morgan fingerprint density at radius 3 is 2.62 bits per heavy atom. The molecule has 8 nitrogen and oxygen atoms in total. The lowest BCUT2D eigenvalue weighted by Crippen LogP contribution is -2.45. The number of carbonyl (C=O) groups excluding carboxylic acids is 2. The summed E-state index contributed by atoms with van der Waals surface area (Å²) in [6.45, 7) is 1.74. The number of hydrogen-bond acceptors (Lipinski definition) is 6. The lowest BCUT2D eigenvalue weighted by molar-refractivity contribution is -0.119. The van der Waals surface area contributed by atoms with Crippen molar-refractivity contribution in [3.8, 4) is 11.4 Å². The van der Waals surface area contributed by atoms with Crippen LogP contribution in [-0.4, -0.2) is 43.0 Å². The van der Waals surface area contributed by atoms with Gasteiger partial charge in [0.05, 0.1) is 5.25 Å². The number of carbonyl (C=O) groups is 2. The third-order valence-electron chi connectivity index (χ3n) is 4.35. The molecular weight excluding hydrogens is 352 g/mol. The van der Waals surface area contributed by atoms with Crippen LogP contribution in [0.1, 0.15) is 32.6 Å². The van der Waals surface area contributed by atoms with Gasteiger partial charge in [0.2, 0.25) is 5.91 Å². The molecule has 2 heterocycles. The lowest BCUT2D eigenvalue weighted by Gasteiger charge is -2.14. The Hall–Kier alpha value is -2.42. The van der Waals surface area contributed by atoms with Crippen LogP contribution in [0.2, 0.25) is 0 Å². The second-order valence-corrected chi connectivity index (χ2v) is 7.61. The Kier molecular flexibility index (Phi) is 5.87. The normalized spacial score (nSPS) is 15.6. The number of pyridine rings is 1. The van der Waals surface area contributed by atoms with Crippen molar-refractivity contribution in [1.82, 2.24) is 30.4 Å². The van der Waals surface area contributed by atoms with Crippen LogP contribution < -0.4 is 10.6 Å². The number of nitrogens with one attached hydrogen (secondary N) is 2. The molecule has 0 spiro atoms. The Labute approximate surface area is 156 Å². The number of amides is 3. The van der Waals surface area contributed by atoms with Gasteiger partial charge in [-0.2, -0.15) is 0 Å². The van der Waals surface area contributed by atoms with E-state index in [1.165, 1.54) is 11.8 Å². The van der Waals surface area contributed by atoms with E-state index in [1.807, 2.05) is 23.7 Å². The van der Waals surface area contributed by atoms with Gasteiger partial charge in [0.1, 0.15) is 0 Å². The van der Waals surface area contributed by atoms with Gasteiger partial charge in [0.15, 0.2) is 11.0 Å². The Morgan fingerprint density at radius 2 is 1.92 bits per heavy atom. The number of urea groups is 1. The second kappa shape index (κ2) is 8.31. The third kappa shape index (κ3) is 4.40. The Balaban J connectivity index is 1.57. The summed E-state index contributed by atoms with van der Waals surface area (Å²) in [5, 5.41) is 13.7. The van der Waals surface area contributed by atoms with E-state index in [0.717, 1.165) is 31.2 Å². The minimum atomic E-state index is -0.475. The van der Waals surface area contributed by atoms with E-state index in [-0.39, 0.29) is 11.9 Å². The number of aromatic nitrogens is 4. The van der Waals surface area contributed by atoms with Crippen LogP contribution in [0.3, 0.4) is 0 Å². The van der Waals surface area contributed by atoms with Crippen molar-refractivity contribution in [2.45, 2.75) is 49.1 Å². The van der Waals surface area contributed by atoms with Gasteiger partial charge in [-0.15, -0.1) is 10.2 Å². The van der Waals surface area contributed by atoms with Crippen LogP contribution in [0, 0.1) is 0 Å². The number of thioether (sulfide) groups is 1. The summed E-state index contributed by atoms with van der Waals surface area (Å²) in [7, 11) is 1.84. The van der Waals surface area contributed by atoms with E-state index in [1.54, 1.807) is 19.3 Å². The van der Waals surface area contributed by atoms with E-state index >= 15 is 0 Å². The van der Waals surface area contributed by atoms with Crippen LogP contribution in [0.25, 0.3) is 11.4 Å². The summed E-state index contributed by atoms with van der Waals surface area (Å²) >= 11 is 1.26. The average Bonchev–Trinajstić information content (AvgIpc) is 3.26. The number of rotatable bonds is 5. The smallest absolute Gasteiger partial charge is 0.321 e. The summed E-state index contributed by atoms with van der Waals surface area (Å²) in [5.41, 5.74) is 0.898. The molecule has 0 bridgehead atoms. The molecule has 1 saturated carbocycles. The molecular formula is C17H22N6O2S. The number of imide groups is 1. The molecule has 0 unspecified atom stereocenters. The first-order valence-electron chi connectivity index (χ1n) is 8.62. The van der Waals surface area contributed by atoms with Gasteiger partial charge in [0.25, 0.3) is 0 Å². The van der Waals surface area contributed by atoms with Gasteiger partial charge in [-0.1, -0.05) is 24.6 Å². The molecule has 0 aliphatic heterocycles. The van der Waals surface area contributed by atoms with Gasteiger partial charge in [-0.05, 0) is 31.9 Å². The van der Waals surface area contributed by atoms with Crippen molar-refractivity contribution in [2.24, 2.45) is 7.05 Å². The molecule has 26 heavy (non-hydrogen) atoms. The minimum absolute atomic E-state index is 0.174. The molecule has 9 heteroatoms. The maximum Gasteiger partial charge on any atom is 0.321 e. The fraction of sp³-hybridized carbons (Fsp3) is 0.471. The van der Waals surface area contributed by atoms with Crippen molar-refractivity contribution in [3.63, 3.8) is 0 Å². The van der Waals surface area contributed by atoms with Gasteiger partial charge in [0, 0.05) is 31.0 Å². The average molecular weight is 374 g/mol. The predicted octanol–water partition coefficient (Wildman–Crippen LogP) is 2.13. The zero-order valence-corrected chi connectivity index (χ0v) is 15.6. The predicted molar refractivity (Wildman–Crippen MR) is 98.5 cm³/mol. The number of nitrogens with zero attached hydrogens (tertiary/aromatic N) is 4. The molecule has 3 rings (SSSR count). The quantitative estimate of drug-likeness (QED) is 0.778. The van der Waals surface area contributed by atoms with E-state index in [2.05, 4.69) is 25.8 Å². The second-order valence-electron chi connectivity index (χ2n) is 6.31.